The summed E-state index contributed by atoms with van der Waals surface area (Å²) in [6.07, 6.45) is 0.776. The van der Waals surface area contributed by atoms with Gasteiger partial charge in [0.1, 0.15) is 5.25 Å². The Hall–Kier alpha value is -1.25. The van der Waals surface area contributed by atoms with E-state index in [-0.39, 0.29) is 11.5 Å². The molecule has 0 amide bonds. The number of benzene rings is 1. The van der Waals surface area contributed by atoms with E-state index in [0.717, 1.165) is 28.0 Å². The number of halogens is 1. The minimum Gasteiger partial charge on any atom is -0.465 e. The Balaban J connectivity index is 2.07. The average molecular weight is 441 g/mol. The van der Waals surface area contributed by atoms with Crippen LogP contribution in [0, 0.1) is 0 Å². The Kier molecular flexibility index (Phi) is 5.91. The molecule has 1 atom stereocenters. The van der Waals surface area contributed by atoms with Gasteiger partial charge in [-0.1, -0.05) is 27.7 Å². The lowest BCUT2D eigenvalue weighted by Crippen LogP contribution is -2.25. The second-order valence-corrected chi connectivity index (χ2v) is 8.73. The van der Waals surface area contributed by atoms with E-state index in [4.69, 9.17) is 4.74 Å². The molecule has 3 rings (SSSR count). The van der Waals surface area contributed by atoms with Crippen LogP contribution in [0.1, 0.15) is 19.5 Å². The molecule has 1 aliphatic heterocycles. The number of aromatic nitrogens is 2. The maximum Gasteiger partial charge on any atom is 0.319 e. The number of esters is 1. The van der Waals surface area contributed by atoms with Crippen molar-refractivity contribution in [2.75, 3.05) is 12.4 Å². The molecule has 0 aliphatic carbocycles. The summed E-state index contributed by atoms with van der Waals surface area (Å²) < 4.78 is 7.59. The van der Waals surface area contributed by atoms with Gasteiger partial charge in [-0.2, -0.15) is 0 Å². The number of rotatable bonds is 5. The number of aryl methyl sites for hydroxylation is 1. The number of hydrogen-bond acceptors (Lipinski definition) is 6. The molecule has 132 valence electrons. The van der Waals surface area contributed by atoms with Crippen LogP contribution in [-0.4, -0.2) is 33.1 Å². The molecular formula is C17H17BrN2O3S2. The van der Waals surface area contributed by atoms with Crippen molar-refractivity contribution in [3.8, 4) is 5.69 Å². The smallest absolute Gasteiger partial charge is 0.319 e. The fourth-order valence-corrected chi connectivity index (χ4v) is 4.69. The van der Waals surface area contributed by atoms with E-state index in [1.807, 2.05) is 24.3 Å². The molecule has 2 aromatic rings. The maximum atomic E-state index is 13.0. The molecule has 0 bridgehead atoms. The first-order chi connectivity index (χ1) is 12.0. The lowest BCUT2D eigenvalue weighted by molar-refractivity contribution is -0.142. The third kappa shape index (κ3) is 3.96. The van der Waals surface area contributed by atoms with Crippen LogP contribution >= 0.6 is 39.5 Å². The van der Waals surface area contributed by atoms with Gasteiger partial charge in [0.05, 0.1) is 22.9 Å². The highest BCUT2D eigenvalue weighted by molar-refractivity contribution is 9.10. The van der Waals surface area contributed by atoms with Gasteiger partial charge in [0.2, 0.25) is 0 Å². The molecule has 0 fully saturated rings. The van der Waals surface area contributed by atoms with Gasteiger partial charge in [0.25, 0.3) is 5.56 Å². The first kappa shape index (κ1) is 18.5. The zero-order chi connectivity index (χ0) is 18.0. The van der Waals surface area contributed by atoms with Crippen LogP contribution in [0.25, 0.3) is 5.69 Å². The standard InChI is InChI=1S/C17H17BrN2O3S2/c1-3-23-16(22)10(2)25-17-19-13-8-9-24-14(13)15(21)20(17)12-6-4-11(18)5-7-12/h4-7,10H,3,8-9H2,1-2H3/t10-/m0/s1. The monoisotopic (exact) mass is 440 g/mol. The van der Waals surface area contributed by atoms with Crippen molar-refractivity contribution in [2.24, 2.45) is 0 Å². The normalized spacial score (nSPS) is 14.2. The minimum atomic E-state index is -0.444. The van der Waals surface area contributed by atoms with Gasteiger partial charge < -0.3 is 4.74 Å². The summed E-state index contributed by atoms with van der Waals surface area (Å²) in [5.41, 5.74) is 1.48. The lowest BCUT2D eigenvalue weighted by atomic mass is 10.3. The Morgan fingerprint density at radius 1 is 1.44 bits per heavy atom. The van der Waals surface area contributed by atoms with Gasteiger partial charge in [-0.05, 0) is 38.1 Å². The molecule has 25 heavy (non-hydrogen) atoms. The quantitative estimate of drug-likeness (QED) is 0.401. The predicted molar refractivity (Wildman–Crippen MR) is 104 cm³/mol. The van der Waals surface area contributed by atoms with Crippen LogP contribution in [0.5, 0.6) is 0 Å². The first-order valence-corrected chi connectivity index (χ1v) is 10.5. The molecule has 0 unspecified atom stereocenters. The molecule has 1 aromatic carbocycles. The number of nitrogens with zero attached hydrogens (tertiary/aromatic N) is 2. The van der Waals surface area contributed by atoms with Crippen LogP contribution < -0.4 is 5.56 Å². The van der Waals surface area contributed by atoms with Crippen molar-refractivity contribution in [1.29, 1.82) is 0 Å². The number of carbonyl (C=O) groups excluding carboxylic acids is 1. The van der Waals surface area contributed by atoms with Crippen molar-refractivity contribution < 1.29 is 9.53 Å². The zero-order valence-corrected chi connectivity index (χ0v) is 17.0. The highest BCUT2D eigenvalue weighted by Crippen LogP contribution is 2.31. The van der Waals surface area contributed by atoms with Crippen molar-refractivity contribution in [3.63, 3.8) is 0 Å². The lowest BCUT2D eigenvalue weighted by Gasteiger charge is -2.16. The van der Waals surface area contributed by atoms with E-state index in [1.165, 1.54) is 11.8 Å². The van der Waals surface area contributed by atoms with Gasteiger partial charge in [0, 0.05) is 16.6 Å². The molecule has 0 saturated heterocycles. The summed E-state index contributed by atoms with van der Waals surface area (Å²) in [6, 6.07) is 7.48. The van der Waals surface area contributed by atoms with E-state index < -0.39 is 5.25 Å². The summed E-state index contributed by atoms with van der Waals surface area (Å²) in [5.74, 6) is 0.554. The highest BCUT2D eigenvalue weighted by atomic mass is 79.9. The van der Waals surface area contributed by atoms with Gasteiger partial charge in [0.15, 0.2) is 5.16 Å². The Bertz CT molecular complexity index is 852. The van der Waals surface area contributed by atoms with Crippen molar-refractivity contribution in [1.82, 2.24) is 9.55 Å². The summed E-state index contributed by atoms with van der Waals surface area (Å²) in [7, 11) is 0. The number of ether oxygens (including phenoxy) is 1. The van der Waals surface area contributed by atoms with E-state index in [9.17, 15) is 9.59 Å². The molecule has 0 spiro atoms. The zero-order valence-electron chi connectivity index (χ0n) is 13.8. The second kappa shape index (κ2) is 7.97. The largest absolute Gasteiger partial charge is 0.465 e. The Labute approximate surface area is 162 Å². The van der Waals surface area contributed by atoms with Crippen molar-refractivity contribution >= 4 is 45.4 Å². The Morgan fingerprint density at radius 2 is 2.16 bits per heavy atom. The SMILES string of the molecule is CCOC(=O)[C@H](C)Sc1nc2c(c(=O)n1-c1ccc(Br)cc1)SCC2. The van der Waals surface area contributed by atoms with Gasteiger partial charge >= 0.3 is 5.97 Å². The third-order valence-electron chi connectivity index (χ3n) is 3.65. The van der Waals surface area contributed by atoms with E-state index >= 15 is 0 Å². The van der Waals surface area contributed by atoms with E-state index in [2.05, 4.69) is 20.9 Å². The van der Waals surface area contributed by atoms with Crippen molar-refractivity contribution in [3.05, 3.63) is 44.8 Å². The average Bonchev–Trinajstić information content (AvgIpc) is 3.05. The van der Waals surface area contributed by atoms with Crippen LogP contribution in [0.2, 0.25) is 0 Å². The minimum absolute atomic E-state index is 0.0756. The fourth-order valence-electron chi connectivity index (χ4n) is 2.46. The molecule has 0 N–H and O–H groups in total. The van der Waals surface area contributed by atoms with Crippen molar-refractivity contribution in [2.45, 2.75) is 35.6 Å². The third-order valence-corrected chi connectivity index (χ3v) is 6.32. The van der Waals surface area contributed by atoms with Crippen LogP contribution in [0.4, 0.5) is 0 Å². The van der Waals surface area contributed by atoms with Crippen LogP contribution in [-0.2, 0) is 16.0 Å². The van der Waals surface area contributed by atoms with E-state index in [0.29, 0.717) is 16.7 Å². The molecule has 0 saturated carbocycles. The molecule has 1 aromatic heterocycles. The maximum absolute atomic E-state index is 13.0. The Morgan fingerprint density at radius 3 is 2.84 bits per heavy atom. The molecule has 5 nitrogen and oxygen atoms in total. The molecule has 8 heteroatoms. The van der Waals surface area contributed by atoms with Crippen LogP contribution in [0.15, 0.2) is 43.6 Å². The number of carbonyl (C=O) groups is 1. The summed E-state index contributed by atoms with van der Waals surface area (Å²) in [5, 5.41) is 0.0785. The number of thioether (sulfide) groups is 2. The van der Waals surface area contributed by atoms with Gasteiger partial charge in [-0.15, -0.1) is 11.8 Å². The second-order valence-electron chi connectivity index (χ2n) is 5.40. The van der Waals surface area contributed by atoms with E-state index in [1.54, 1.807) is 30.2 Å². The van der Waals surface area contributed by atoms with Gasteiger partial charge in [-0.3, -0.25) is 14.2 Å². The molecule has 2 heterocycles. The summed E-state index contributed by atoms with van der Waals surface area (Å²) >= 11 is 6.20. The number of fused-ring (bicyclic) bond motifs is 1. The van der Waals surface area contributed by atoms with Gasteiger partial charge in [-0.25, -0.2) is 4.98 Å². The molecular weight excluding hydrogens is 424 g/mol. The topological polar surface area (TPSA) is 61.2 Å². The highest BCUT2D eigenvalue weighted by Gasteiger charge is 2.25. The summed E-state index contributed by atoms with van der Waals surface area (Å²) in [4.78, 5) is 30.4. The summed E-state index contributed by atoms with van der Waals surface area (Å²) in [6.45, 7) is 3.87. The molecule has 1 aliphatic rings. The predicted octanol–water partition coefficient (Wildman–Crippen LogP) is 3.69. The first-order valence-electron chi connectivity index (χ1n) is 7.89. The fraction of sp³-hybridized carbons (Fsp3) is 0.353. The van der Waals surface area contributed by atoms with Crippen LogP contribution in [0.3, 0.4) is 0 Å². The number of hydrogen-bond donors (Lipinski definition) is 0. The molecule has 0 radical (unpaired) electrons.